The maximum Gasteiger partial charge on any atom is 1.00 e. The van der Waals surface area contributed by atoms with Gasteiger partial charge in [-0.25, -0.2) is 4.99 Å². The molecule has 4 rings (SSSR count). The molecule has 7 nitrogen and oxygen atoms in total. The number of amides is 1. The van der Waals surface area contributed by atoms with Gasteiger partial charge in [0.1, 0.15) is 11.5 Å². The van der Waals surface area contributed by atoms with Gasteiger partial charge < -0.3 is 24.7 Å². The number of hydrogen-bond acceptors (Lipinski definition) is 7. The Morgan fingerprint density at radius 1 is 1.09 bits per heavy atom. The normalized spacial score (nSPS) is 15.4. The summed E-state index contributed by atoms with van der Waals surface area (Å²) in [5, 5.41) is 15.8. The number of aliphatic imine (C=N–C) groups is 1. The molecule has 1 aliphatic rings. The van der Waals surface area contributed by atoms with Gasteiger partial charge in [-0.1, -0.05) is 24.3 Å². The molecular weight excluding hydrogens is 451 g/mol. The van der Waals surface area contributed by atoms with Gasteiger partial charge in [-0.2, -0.15) is 0 Å². The van der Waals surface area contributed by atoms with Crippen molar-refractivity contribution >= 4 is 51.3 Å². The maximum atomic E-state index is 12.5. The first kappa shape index (κ1) is 24.9. The van der Waals surface area contributed by atoms with Crippen LogP contribution in [-0.2, 0) is 16.0 Å². The Morgan fingerprint density at radius 3 is 2.48 bits per heavy atom. The number of thioether (sulfide) groups is 1. The number of nitrogens with one attached hydrogen (secondary N) is 1. The number of fused-ring (bicyclic) bond motifs is 1. The molecule has 3 aromatic carbocycles. The largest absolute Gasteiger partial charge is 1.00 e. The van der Waals surface area contributed by atoms with Crippen molar-refractivity contribution in [2.45, 2.75) is 6.42 Å². The number of rotatable bonds is 6. The van der Waals surface area contributed by atoms with E-state index >= 15 is 0 Å². The van der Waals surface area contributed by atoms with E-state index in [-0.39, 0.29) is 41.9 Å². The Balaban J connectivity index is 0.00000306. The van der Waals surface area contributed by atoms with Crippen molar-refractivity contribution in [3.8, 4) is 11.5 Å². The van der Waals surface area contributed by atoms with E-state index in [1.165, 1.54) is 11.8 Å². The van der Waals surface area contributed by atoms with Gasteiger partial charge in [0, 0.05) is 23.3 Å². The van der Waals surface area contributed by atoms with Crippen molar-refractivity contribution in [1.29, 1.82) is 0 Å². The average molecular weight is 470 g/mol. The Labute approximate surface area is 217 Å². The number of carbonyl (C=O) groups is 2. The number of benzene rings is 3. The molecule has 162 valence electrons. The predicted molar refractivity (Wildman–Crippen MR) is 123 cm³/mol. The van der Waals surface area contributed by atoms with E-state index in [4.69, 9.17) is 9.47 Å². The van der Waals surface area contributed by atoms with Crippen LogP contribution in [0.1, 0.15) is 11.1 Å². The molecule has 0 aromatic heterocycles. The minimum absolute atomic E-state index is 0. The van der Waals surface area contributed by atoms with Crippen LogP contribution in [0.2, 0.25) is 0 Å². The summed E-state index contributed by atoms with van der Waals surface area (Å²) in [6.07, 6.45) is 1.61. The second-order valence-corrected chi connectivity index (χ2v) is 8.00. The van der Waals surface area contributed by atoms with Gasteiger partial charge in [0.2, 0.25) is 0 Å². The van der Waals surface area contributed by atoms with Gasteiger partial charge >= 0.3 is 29.6 Å². The van der Waals surface area contributed by atoms with E-state index in [0.717, 1.165) is 22.1 Å². The van der Waals surface area contributed by atoms with E-state index in [0.29, 0.717) is 27.1 Å². The number of ether oxygens (including phenoxy) is 2. The first-order chi connectivity index (χ1) is 15.5. The summed E-state index contributed by atoms with van der Waals surface area (Å²) in [4.78, 5) is 28.1. The van der Waals surface area contributed by atoms with Gasteiger partial charge in [0.25, 0.3) is 5.91 Å². The molecule has 0 aliphatic carbocycles. The van der Waals surface area contributed by atoms with Gasteiger partial charge in [-0.15, -0.1) is 0 Å². The minimum atomic E-state index is -1.14. The van der Waals surface area contributed by atoms with Gasteiger partial charge in [-0.3, -0.25) is 4.79 Å². The molecule has 0 bridgehead atoms. The third-order valence-electron chi connectivity index (χ3n) is 4.86. The van der Waals surface area contributed by atoms with Crippen molar-refractivity contribution < 1.29 is 53.7 Å². The summed E-state index contributed by atoms with van der Waals surface area (Å²) in [6.45, 7) is 0. The molecular formula is C24H19N2NaO5S. The van der Waals surface area contributed by atoms with Gasteiger partial charge in [0.05, 0.1) is 24.8 Å². The van der Waals surface area contributed by atoms with Crippen LogP contribution < -0.4 is 49.5 Å². The molecule has 0 radical (unpaired) electrons. The molecule has 9 heteroatoms. The van der Waals surface area contributed by atoms with Crippen LogP contribution in [0.15, 0.2) is 64.5 Å². The van der Waals surface area contributed by atoms with E-state index in [2.05, 4.69) is 10.3 Å². The number of carbonyl (C=O) groups excluding carboxylic acids is 2. The van der Waals surface area contributed by atoms with E-state index in [1.54, 1.807) is 44.6 Å². The summed E-state index contributed by atoms with van der Waals surface area (Å²) >= 11 is 1.22. The zero-order valence-electron chi connectivity index (χ0n) is 18.4. The van der Waals surface area contributed by atoms with Crippen molar-refractivity contribution in [3.05, 3.63) is 70.6 Å². The Hall–Kier alpha value is -2.78. The van der Waals surface area contributed by atoms with E-state index in [1.807, 2.05) is 30.3 Å². The maximum absolute atomic E-state index is 12.5. The molecule has 1 amide bonds. The smallest absolute Gasteiger partial charge is 0.550 e. The fourth-order valence-corrected chi connectivity index (χ4v) is 4.19. The predicted octanol–water partition coefficient (Wildman–Crippen LogP) is 0.0450. The molecule has 3 aromatic rings. The summed E-state index contributed by atoms with van der Waals surface area (Å²) < 4.78 is 11.0. The summed E-state index contributed by atoms with van der Waals surface area (Å²) in [6, 6.07) is 16.3. The summed E-state index contributed by atoms with van der Waals surface area (Å²) in [5.74, 6) is -0.0278. The van der Waals surface area contributed by atoms with Crippen LogP contribution in [-0.4, -0.2) is 31.3 Å². The Kier molecular flexibility index (Phi) is 8.20. The molecule has 1 N–H and O–H groups in total. The number of aliphatic carboxylic acids is 1. The third kappa shape index (κ3) is 5.78. The molecule has 1 aliphatic heterocycles. The van der Waals surface area contributed by atoms with Crippen molar-refractivity contribution in [2.75, 3.05) is 14.2 Å². The molecule has 0 saturated carbocycles. The van der Waals surface area contributed by atoms with E-state index in [9.17, 15) is 14.7 Å². The number of carboxylic acids is 1. The number of hydrogen-bond donors (Lipinski definition) is 1. The quantitative estimate of drug-likeness (QED) is 0.404. The molecule has 1 heterocycles. The number of carboxylic acid groups (broad SMARTS) is 1. The van der Waals surface area contributed by atoms with Crippen LogP contribution in [0.4, 0.5) is 5.69 Å². The molecule has 0 spiro atoms. The van der Waals surface area contributed by atoms with Crippen LogP contribution in [0.25, 0.3) is 16.8 Å². The SMILES string of the molecule is COc1cc2c(OC)cccc2cc1C=C1SC(=Nc2ccc(CC(=O)[O-])cc2)NC1=O.[Na+]. The molecule has 1 saturated heterocycles. The number of amidine groups is 1. The first-order valence-electron chi connectivity index (χ1n) is 9.70. The minimum Gasteiger partial charge on any atom is -0.550 e. The monoisotopic (exact) mass is 470 g/mol. The topological polar surface area (TPSA) is 100 Å². The van der Waals surface area contributed by atoms with Gasteiger partial charge in [0.15, 0.2) is 5.17 Å². The van der Waals surface area contributed by atoms with E-state index < -0.39 is 5.97 Å². The fraction of sp³-hybridized carbons (Fsp3) is 0.125. The van der Waals surface area contributed by atoms with Crippen LogP contribution >= 0.6 is 11.8 Å². The van der Waals surface area contributed by atoms with Crippen LogP contribution in [0, 0.1) is 0 Å². The second kappa shape index (κ2) is 10.9. The average Bonchev–Trinajstić information content (AvgIpc) is 3.12. The standard InChI is InChI=1S/C24H20N2O5S.Na/c1-30-19-5-3-4-15-11-16(20(31-2)13-18(15)19)12-21-23(29)26-24(32-21)25-17-8-6-14(7-9-17)10-22(27)28;/h3-9,11-13H,10H2,1-2H3,(H,27,28)(H,25,26,29);/q;+1/p-1. The van der Waals surface area contributed by atoms with Crippen LogP contribution in [0.5, 0.6) is 11.5 Å². The molecule has 33 heavy (non-hydrogen) atoms. The summed E-state index contributed by atoms with van der Waals surface area (Å²) in [5.41, 5.74) is 1.99. The zero-order chi connectivity index (χ0) is 22.7. The molecule has 0 unspecified atom stereocenters. The molecule has 0 atom stereocenters. The Morgan fingerprint density at radius 2 is 1.82 bits per heavy atom. The Bertz CT molecular complexity index is 1270. The molecule has 1 fully saturated rings. The first-order valence-corrected chi connectivity index (χ1v) is 10.5. The van der Waals surface area contributed by atoms with Crippen LogP contribution in [0.3, 0.4) is 0 Å². The summed E-state index contributed by atoms with van der Waals surface area (Å²) in [7, 11) is 3.20. The third-order valence-corrected chi connectivity index (χ3v) is 5.77. The van der Waals surface area contributed by atoms with Gasteiger partial charge in [-0.05, 0) is 59.1 Å². The van der Waals surface area contributed by atoms with Crippen molar-refractivity contribution in [3.63, 3.8) is 0 Å². The second-order valence-electron chi connectivity index (χ2n) is 6.97. The van der Waals surface area contributed by atoms with Crippen molar-refractivity contribution in [2.24, 2.45) is 4.99 Å². The fourth-order valence-electron chi connectivity index (χ4n) is 3.36. The van der Waals surface area contributed by atoms with Crippen molar-refractivity contribution in [1.82, 2.24) is 5.32 Å². The number of nitrogens with zero attached hydrogens (tertiary/aromatic N) is 1. The zero-order valence-corrected chi connectivity index (χ0v) is 21.2. The number of methoxy groups -OCH3 is 2.